The maximum absolute atomic E-state index is 8.89. The second-order valence-electron chi connectivity index (χ2n) is 5.14. The Morgan fingerprint density at radius 2 is 1.41 bits per heavy atom. The Balaban J connectivity index is 1.89. The molecule has 0 unspecified atom stereocenters. The molecule has 104 valence electrons. The van der Waals surface area contributed by atoms with E-state index in [9.17, 15) is 0 Å². The Morgan fingerprint density at radius 3 is 2.14 bits per heavy atom. The van der Waals surface area contributed by atoms with Gasteiger partial charge in [0.25, 0.3) is 0 Å². The third-order valence-corrected chi connectivity index (χ3v) is 5.39. The van der Waals surface area contributed by atoms with E-state index >= 15 is 0 Å². The molecule has 0 radical (unpaired) electrons. The zero-order valence-electron chi connectivity index (χ0n) is 11.5. The summed E-state index contributed by atoms with van der Waals surface area (Å²) in [6.45, 7) is 0. The summed E-state index contributed by atoms with van der Waals surface area (Å²) >= 11 is 5.34. The second kappa shape index (κ2) is 5.24. The summed E-state index contributed by atoms with van der Waals surface area (Å²) in [5.41, 5.74) is 3.01. The molecule has 3 aromatic carbocycles. The van der Waals surface area contributed by atoms with Crippen LogP contribution in [0.25, 0.3) is 31.3 Å². The Labute approximate surface area is 140 Å². The number of hydrogen-bond donors (Lipinski definition) is 0. The van der Waals surface area contributed by atoms with E-state index in [0.717, 1.165) is 10.0 Å². The van der Waals surface area contributed by atoms with Crippen LogP contribution >= 0.6 is 27.3 Å². The van der Waals surface area contributed by atoms with Gasteiger partial charge in [0, 0.05) is 24.6 Å². The molecule has 0 N–H and O–H groups in total. The normalized spacial score (nSPS) is 10.9. The molecule has 4 aromatic rings. The van der Waals surface area contributed by atoms with Crippen molar-refractivity contribution in [3.63, 3.8) is 0 Å². The SMILES string of the molecule is N#Cc1ccc(-c2ccc3c(c2)sc2cc(Br)ccc23)cc1. The summed E-state index contributed by atoms with van der Waals surface area (Å²) in [5, 5.41) is 11.5. The number of benzene rings is 3. The predicted molar refractivity (Wildman–Crippen MR) is 97.2 cm³/mol. The minimum atomic E-state index is 0.691. The monoisotopic (exact) mass is 363 g/mol. The molecule has 0 bridgehead atoms. The van der Waals surface area contributed by atoms with Gasteiger partial charge in [-0.25, -0.2) is 0 Å². The molecule has 0 atom stereocenters. The molecule has 0 saturated heterocycles. The van der Waals surface area contributed by atoms with Crippen molar-refractivity contribution < 1.29 is 0 Å². The predicted octanol–water partition coefficient (Wildman–Crippen LogP) is 6.36. The van der Waals surface area contributed by atoms with E-state index in [1.165, 1.54) is 25.7 Å². The van der Waals surface area contributed by atoms with Gasteiger partial charge in [-0.3, -0.25) is 0 Å². The first-order chi connectivity index (χ1) is 10.7. The highest BCUT2D eigenvalue weighted by molar-refractivity contribution is 9.10. The van der Waals surface area contributed by atoms with Gasteiger partial charge in [-0.2, -0.15) is 5.26 Å². The van der Waals surface area contributed by atoms with Crippen molar-refractivity contribution in [3.8, 4) is 17.2 Å². The van der Waals surface area contributed by atoms with E-state index in [4.69, 9.17) is 5.26 Å². The molecule has 0 saturated carbocycles. The van der Waals surface area contributed by atoms with E-state index in [1.54, 1.807) is 0 Å². The summed E-state index contributed by atoms with van der Waals surface area (Å²) in [5.74, 6) is 0. The maximum atomic E-state index is 8.89. The topological polar surface area (TPSA) is 23.8 Å². The molecule has 0 aliphatic carbocycles. The lowest BCUT2D eigenvalue weighted by Gasteiger charge is -2.02. The summed E-state index contributed by atoms with van der Waals surface area (Å²) in [6.07, 6.45) is 0. The van der Waals surface area contributed by atoms with Crippen LogP contribution < -0.4 is 0 Å². The Bertz CT molecular complexity index is 1040. The molecule has 0 amide bonds. The second-order valence-corrected chi connectivity index (χ2v) is 7.14. The van der Waals surface area contributed by atoms with Crippen LogP contribution in [0.1, 0.15) is 5.56 Å². The summed E-state index contributed by atoms with van der Waals surface area (Å²) in [4.78, 5) is 0. The number of nitrogens with zero attached hydrogens (tertiary/aromatic N) is 1. The van der Waals surface area contributed by atoms with Crippen molar-refractivity contribution in [1.82, 2.24) is 0 Å². The van der Waals surface area contributed by atoms with E-state index in [-0.39, 0.29) is 0 Å². The van der Waals surface area contributed by atoms with Gasteiger partial charge < -0.3 is 0 Å². The highest BCUT2D eigenvalue weighted by Crippen LogP contribution is 2.37. The number of halogens is 1. The molecule has 22 heavy (non-hydrogen) atoms. The highest BCUT2D eigenvalue weighted by Gasteiger charge is 2.07. The van der Waals surface area contributed by atoms with E-state index in [2.05, 4.69) is 58.4 Å². The summed E-state index contributed by atoms with van der Waals surface area (Å²) in [7, 11) is 0. The van der Waals surface area contributed by atoms with Crippen LogP contribution in [0.3, 0.4) is 0 Å². The van der Waals surface area contributed by atoms with Gasteiger partial charge in [-0.1, -0.05) is 46.3 Å². The van der Waals surface area contributed by atoms with Gasteiger partial charge >= 0.3 is 0 Å². The lowest BCUT2D eigenvalue weighted by atomic mass is 10.0. The van der Waals surface area contributed by atoms with E-state index in [0.29, 0.717) is 5.56 Å². The fourth-order valence-corrected chi connectivity index (χ4v) is 4.36. The van der Waals surface area contributed by atoms with Crippen LogP contribution in [0.15, 0.2) is 65.1 Å². The lowest BCUT2D eigenvalue weighted by Crippen LogP contribution is -1.78. The van der Waals surface area contributed by atoms with Crippen LogP contribution in [0.2, 0.25) is 0 Å². The van der Waals surface area contributed by atoms with Gasteiger partial charge in [0.1, 0.15) is 0 Å². The Kier molecular flexibility index (Phi) is 3.22. The molecule has 1 heterocycles. The molecule has 0 fully saturated rings. The first-order valence-electron chi connectivity index (χ1n) is 6.87. The van der Waals surface area contributed by atoms with Gasteiger partial charge in [0.15, 0.2) is 0 Å². The fourth-order valence-electron chi connectivity index (χ4n) is 2.67. The van der Waals surface area contributed by atoms with Gasteiger partial charge in [-0.05, 0) is 41.5 Å². The van der Waals surface area contributed by atoms with Crippen LogP contribution in [-0.2, 0) is 0 Å². The average molecular weight is 364 g/mol. The lowest BCUT2D eigenvalue weighted by molar-refractivity contribution is 1.48. The maximum Gasteiger partial charge on any atom is 0.0991 e. The molecular weight excluding hydrogens is 354 g/mol. The number of nitriles is 1. The summed E-state index contributed by atoms with van der Waals surface area (Å²) < 4.78 is 3.69. The van der Waals surface area contributed by atoms with Gasteiger partial charge in [0.2, 0.25) is 0 Å². The molecule has 1 aromatic heterocycles. The first-order valence-corrected chi connectivity index (χ1v) is 8.48. The third kappa shape index (κ3) is 2.21. The van der Waals surface area contributed by atoms with E-state index in [1.807, 2.05) is 35.6 Å². The van der Waals surface area contributed by atoms with Crippen molar-refractivity contribution in [3.05, 3.63) is 70.7 Å². The summed E-state index contributed by atoms with van der Waals surface area (Å²) in [6, 6.07) is 22.9. The minimum absolute atomic E-state index is 0.691. The standard InChI is InChI=1S/C19H10BrNS/c20-15-6-8-17-16-7-5-14(9-18(16)22-19(17)10-15)13-3-1-12(11-21)2-4-13/h1-10H. The van der Waals surface area contributed by atoms with Gasteiger partial charge in [-0.15, -0.1) is 11.3 Å². The van der Waals surface area contributed by atoms with Gasteiger partial charge in [0.05, 0.1) is 11.6 Å². The molecule has 1 nitrogen and oxygen atoms in total. The number of rotatable bonds is 1. The number of hydrogen-bond acceptors (Lipinski definition) is 2. The molecule has 0 aliphatic rings. The quantitative estimate of drug-likeness (QED) is 0.386. The minimum Gasteiger partial charge on any atom is -0.192 e. The van der Waals surface area contributed by atoms with Crippen molar-refractivity contribution in [2.45, 2.75) is 0 Å². The smallest absolute Gasteiger partial charge is 0.0991 e. The Morgan fingerprint density at radius 1 is 0.773 bits per heavy atom. The molecular formula is C19H10BrNS. The number of thiophene rings is 1. The number of fused-ring (bicyclic) bond motifs is 3. The average Bonchev–Trinajstić information content (AvgIpc) is 2.91. The van der Waals surface area contributed by atoms with E-state index < -0.39 is 0 Å². The molecule has 3 heteroatoms. The molecule has 0 aliphatic heterocycles. The van der Waals surface area contributed by atoms with Crippen LogP contribution in [-0.4, -0.2) is 0 Å². The van der Waals surface area contributed by atoms with Crippen molar-refractivity contribution >= 4 is 47.4 Å². The molecule has 4 rings (SSSR count). The third-order valence-electron chi connectivity index (χ3n) is 3.78. The van der Waals surface area contributed by atoms with Crippen LogP contribution in [0.5, 0.6) is 0 Å². The molecule has 0 spiro atoms. The zero-order chi connectivity index (χ0) is 15.1. The van der Waals surface area contributed by atoms with Crippen LogP contribution in [0.4, 0.5) is 0 Å². The van der Waals surface area contributed by atoms with Crippen molar-refractivity contribution in [2.24, 2.45) is 0 Å². The van der Waals surface area contributed by atoms with Crippen LogP contribution in [0, 0.1) is 11.3 Å². The fraction of sp³-hybridized carbons (Fsp3) is 0. The van der Waals surface area contributed by atoms with Crippen molar-refractivity contribution in [2.75, 3.05) is 0 Å². The van der Waals surface area contributed by atoms with Crippen molar-refractivity contribution in [1.29, 1.82) is 5.26 Å². The first kappa shape index (κ1) is 13.5. The Hall–Kier alpha value is -2.15. The zero-order valence-corrected chi connectivity index (χ0v) is 13.9. The highest BCUT2D eigenvalue weighted by atomic mass is 79.9. The largest absolute Gasteiger partial charge is 0.192 e.